The third-order valence-corrected chi connectivity index (χ3v) is 14.7. The Morgan fingerprint density at radius 2 is 1.47 bits per heavy atom. The number of allylic oxidation sites excluding steroid dienone is 7. The molecule has 3 aromatic rings. The summed E-state index contributed by atoms with van der Waals surface area (Å²) < 4.78 is 70.9. The maximum Gasteiger partial charge on any atom is 0.294 e. The third-order valence-electron chi connectivity index (χ3n) is 11.7. The molecule has 0 spiro atoms. The molecule has 0 radical (unpaired) electrons. The Morgan fingerprint density at radius 1 is 0.810 bits per heavy atom. The fraction of sp³-hybridized carbons (Fsp3) is 0.413. The van der Waals surface area contributed by atoms with Crippen LogP contribution in [0.25, 0.3) is 0 Å². The van der Waals surface area contributed by atoms with Crippen molar-refractivity contribution in [2.45, 2.75) is 118 Å². The molecule has 3 aliphatic rings. The van der Waals surface area contributed by atoms with Crippen molar-refractivity contribution >= 4 is 49.1 Å². The minimum absolute atomic E-state index is 0.101. The van der Waals surface area contributed by atoms with Crippen molar-refractivity contribution in [1.82, 2.24) is 0 Å². The Kier molecular flexibility index (Phi) is 13.2. The van der Waals surface area contributed by atoms with Crippen LogP contribution in [0, 0.1) is 0 Å². The van der Waals surface area contributed by atoms with Gasteiger partial charge in [-0.1, -0.05) is 76.6 Å². The fourth-order valence-corrected chi connectivity index (χ4v) is 10.6. The summed E-state index contributed by atoms with van der Waals surface area (Å²) in [5.41, 5.74) is 14.2. The lowest BCUT2D eigenvalue weighted by atomic mass is 9.81. The Hall–Kier alpha value is -3.78. The molecule has 6 rings (SSSR count). The summed E-state index contributed by atoms with van der Waals surface area (Å²) in [6.07, 6.45) is 16.4. The van der Waals surface area contributed by atoms with Crippen molar-refractivity contribution in [2.24, 2.45) is 5.73 Å². The van der Waals surface area contributed by atoms with E-state index in [4.69, 9.17) is 5.73 Å². The summed E-state index contributed by atoms with van der Waals surface area (Å²) in [6, 6.07) is 18.4. The maximum atomic E-state index is 12.2. The van der Waals surface area contributed by atoms with Gasteiger partial charge in [0.25, 0.3) is 20.2 Å². The Balaban J connectivity index is 1.47. The van der Waals surface area contributed by atoms with E-state index < -0.39 is 31.1 Å². The van der Waals surface area contributed by atoms with Gasteiger partial charge in [0.15, 0.2) is 5.71 Å². The highest BCUT2D eigenvalue weighted by Gasteiger charge is 2.45. The highest BCUT2D eigenvalue weighted by molar-refractivity contribution is 8.03. The Labute approximate surface area is 350 Å². The smallest absolute Gasteiger partial charge is 0.294 e. The van der Waals surface area contributed by atoms with Gasteiger partial charge in [-0.25, -0.2) is 0 Å². The van der Waals surface area contributed by atoms with E-state index in [0.29, 0.717) is 6.54 Å². The van der Waals surface area contributed by atoms with Crippen LogP contribution in [0.3, 0.4) is 0 Å². The minimum Gasteiger partial charge on any atom is -0.344 e. The van der Waals surface area contributed by atoms with E-state index in [1.807, 2.05) is 12.1 Å². The maximum absolute atomic E-state index is 12.2. The molecule has 0 atom stereocenters. The lowest BCUT2D eigenvalue weighted by molar-refractivity contribution is -0.438. The van der Waals surface area contributed by atoms with Crippen LogP contribution in [0.1, 0.15) is 103 Å². The summed E-state index contributed by atoms with van der Waals surface area (Å²) in [6.45, 7) is 14.9. The molecule has 12 heteroatoms. The van der Waals surface area contributed by atoms with Crippen LogP contribution in [-0.2, 0) is 37.5 Å². The number of rotatable bonds is 15. The zero-order valence-electron chi connectivity index (χ0n) is 34.6. The quantitative estimate of drug-likeness (QED) is 0.101. The highest BCUT2D eigenvalue weighted by atomic mass is 32.2. The molecule has 1 aliphatic carbocycles. The molecule has 0 bridgehead atoms. The summed E-state index contributed by atoms with van der Waals surface area (Å²) in [4.78, 5) is 4.41. The number of nitrogens with two attached hydrogens (primary N) is 1. The van der Waals surface area contributed by atoms with Gasteiger partial charge < -0.3 is 10.6 Å². The summed E-state index contributed by atoms with van der Waals surface area (Å²) >= 11 is 1.76. The van der Waals surface area contributed by atoms with Crippen LogP contribution in [0.5, 0.6) is 0 Å². The Bertz CT molecular complexity index is 2440. The standard InChI is InChI=1S/C46H57N3O6S3/c1-7-9-28-48-40-22-20-36(57(50,51)52)30-38(40)45(3,4)42(48)24-16-33-12-11-13-34(44(33)56-35-18-14-32(15-19-35)26-27-47)17-25-43-46(5,6)39-31-37(58(53,54)55)21-23-41(39)49(43)29-10-8-2/h14-25,30-31H,7-13,26-29,47H2,1-6H3,(H-,50,51,52,53,54,55)/p+1. The van der Waals surface area contributed by atoms with Gasteiger partial charge >= 0.3 is 0 Å². The van der Waals surface area contributed by atoms with Gasteiger partial charge in [0.05, 0.1) is 15.2 Å². The van der Waals surface area contributed by atoms with Crippen LogP contribution in [0.4, 0.5) is 11.4 Å². The Morgan fingerprint density at radius 3 is 2.10 bits per heavy atom. The fourth-order valence-electron chi connectivity index (χ4n) is 8.46. The molecule has 9 nitrogen and oxygen atoms in total. The third kappa shape index (κ3) is 9.02. The lowest BCUT2D eigenvalue weighted by Crippen LogP contribution is -2.28. The number of benzene rings is 3. The topological polar surface area (TPSA) is 141 Å². The van der Waals surface area contributed by atoms with Crippen molar-refractivity contribution in [1.29, 1.82) is 0 Å². The zero-order valence-corrected chi connectivity index (χ0v) is 37.0. The second-order valence-corrected chi connectivity index (χ2v) is 20.5. The van der Waals surface area contributed by atoms with Crippen LogP contribution in [0.15, 0.2) is 121 Å². The van der Waals surface area contributed by atoms with Crippen molar-refractivity contribution in [3.8, 4) is 0 Å². The molecule has 0 unspecified atom stereocenters. The predicted octanol–water partition coefficient (Wildman–Crippen LogP) is 10.1. The van der Waals surface area contributed by atoms with E-state index >= 15 is 0 Å². The van der Waals surface area contributed by atoms with Gasteiger partial charge in [0.1, 0.15) is 6.54 Å². The van der Waals surface area contributed by atoms with E-state index in [-0.39, 0.29) is 9.79 Å². The van der Waals surface area contributed by atoms with E-state index in [0.717, 1.165) is 103 Å². The van der Waals surface area contributed by atoms with Crippen LogP contribution in [-0.4, -0.2) is 55.9 Å². The second kappa shape index (κ2) is 17.4. The number of fused-ring (bicyclic) bond motifs is 2. The van der Waals surface area contributed by atoms with Crippen molar-refractivity contribution < 1.29 is 30.5 Å². The van der Waals surface area contributed by atoms with Crippen LogP contribution < -0.4 is 10.6 Å². The minimum atomic E-state index is -4.37. The molecular formula is C46H58N3O6S3+. The van der Waals surface area contributed by atoms with E-state index in [1.54, 1.807) is 23.9 Å². The predicted molar refractivity (Wildman–Crippen MR) is 237 cm³/mol. The molecule has 0 saturated carbocycles. The van der Waals surface area contributed by atoms with Gasteiger partial charge in [-0.05, 0) is 123 Å². The first kappa shape index (κ1) is 43.8. The number of anilines is 1. The van der Waals surface area contributed by atoms with Crippen LogP contribution in [0.2, 0.25) is 0 Å². The molecule has 0 amide bonds. The van der Waals surface area contributed by atoms with Gasteiger partial charge in [0, 0.05) is 57.3 Å². The van der Waals surface area contributed by atoms with Crippen molar-refractivity contribution in [2.75, 3.05) is 24.5 Å². The summed E-state index contributed by atoms with van der Waals surface area (Å²) in [7, 11) is -8.73. The molecule has 58 heavy (non-hydrogen) atoms. The van der Waals surface area contributed by atoms with E-state index in [1.165, 1.54) is 33.7 Å². The van der Waals surface area contributed by atoms with Gasteiger partial charge in [-0.2, -0.15) is 21.4 Å². The highest BCUT2D eigenvalue weighted by Crippen LogP contribution is 2.49. The first-order chi connectivity index (χ1) is 27.4. The SMILES string of the molecule is CCCCN1/C(=C/C=C2\CCCC(/C=C/C3=[N+](CCCC)c4ccc(S(=O)(=O)O)cc4C3(C)C)=C2Sc2ccc(CCN)cc2)C(C)(C)c2cc(S(=O)(=O)O)ccc21. The molecule has 0 fully saturated rings. The number of hydrogen-bond acceptors (Lipinski definition) is 7. The number of thioether (sulfide) groups is 1. The first-order valence-corrected chi connectivity index (χ1v) is 24.1. The zero-order chi connectivity index (χ0) is 42.0. The van der Waals surface area contributed by atoms with Crippen molar-refractivity contribution in [3.05, 3.63) is 123 Å². The summed E-state index contributed by atoms with van der Waals surface area (Å²) in [5.74, 6) is 0. The monoisotopic (exact) mass is 844 g/mol. The molecule has 0 aromatic heterocycles. The van der Waals surface area contributed by atoms with Gasteiger partial charge in [-0.15, -0.1) is 0 Å². The number of hydrogen-bond donors (Lipinski definition) is 3. The second-order valence-electron chi connectivity index (χ2n) is 16.5. The molecule has 310 valence electrons. The average Bonchev–Trinajstić information content (AvgIpc) is 3.52. The molecule has 4 N–H and O–H groups in total. The molecule has 2 aliphatic heterocycles. The lowest BCUT2D eigenvalue weighted by Gasteiger charge is -2.27. The number of nitrogens with zero attached hydrogens (tertiary/aromatic N) is 2. The number of unbranched alkanes of at least 4 members (excludes halogenated alkanes) is 2. The van der Waals surface area contributed by atoms with Crippen LogP contribution >= 0.6 is 11.8 Å². The van der Waals surface area contributed by atoms with Gasteiger partial charge in [0.2, 0.25) is 5.69 Å². The summed E-state index contributed by atoms with van der Waals surface area (Å²) in [5, 5.41) is 0. The van der Waals surface area contributed by atoms with E-state index in [9.17, 15) is 25.9 Å². The largest absolute Gasteiger partial charge is 0.344 e. The molecule has 0 saturated heterocycles. The van der Waals surface area contributed by atoms with E-state index in [2.05, 4.69) is 99.6 Å². The van der Waals surface area contributed by atoms with Gasteiger partial charge in [-0.3, -0.25) is 9.11 Å². The normalized spacial score (nSPS) is 19.2. The average molecular weight is 845 g/mol. The molecule has 3 aromatic carbocycles. The molecule has 2 heterocycles. The van der Waals surface area contributed by atoms with Crippen molar-refractivity contribution in [3.63, 3.8) is 0 Å². The first-order valence-electron chi connectivity index (χ1n) is 20.4. The molecular weight excluding hydrogens is 787 g/mol.